The molecule has 0 spiro atoms. The number of nitrogens with one attached hydrogen (secondary N) is 1. The normalized spacial score (nSPS) is 10.1. The van der Waals surface area contributed by atoms with Crippen molar-refractivity contribution in [2.45, 2.75) is 13.5 Å². The fourth-order valence-corrected chi connectivity index (χ4v) is 1.60. The Bertz CT molecular complexity index is 482. The molecule has 2 aromatic rings. The molecular formula is C13H15N3O2. The lowest BCUT2D eigenvalue weighted by Crippen LogP contribution is -2.34. The SMILES string of the molecule is CCN(Cc1ccccc1)C(=O)Nc1ccon1. The van der Waals surface area contributed by atoms with Gasteiger partial charge in [0, 0.05) is 19.2 Å². The fraction of sp³-hybridized carbons (Fsp3) is 0.231. The van der Waals surface area contributed by atoms with Gasteiger partial charge in [-0.15, -0.1) is 0 Å². The van der Waals surface area contributed by atoms with Gasteiger partial charge in [0.2, 0.25) is 0 Å². The predicted molar refractivity (Wildman–Crippen MR) is 68.0 cm³/mol. The van der Waals surface area contributed by atoms with Gasteiger partial charge in [0.1, 0.15) is 6.26 Å². The van der Waals surface area contributed by atoms with E-state index in [1.807, 2.05) is 37.3 Å². The molecule has 18 heavy (non-hydrogen) atoms. The maximum absolute atomic E-state index is 12.0. The first-order valence-corrected chi connectivity index (χ1v) is 5.80. The van der Waals surface area contributed by atoms with E-state index in [9.17, 15) is 4.79 Å². The summed E-state index contributed by atoms with van der Waals surface area (Å²) in [5, 5.41) is 6.32. The highest BCUT2D eigenvalue weighted by molar-refractivity contribution is 5.88. The number of nitrogens with zero attached hydrogens (tertiary/aromatic N) is 2. The summed E-state index contributed by atoms with van der Waals surface area (Å²) < 4.78 is 4.66. The van der Waals surface area contributed by atoms with E-state index in [1.54, 1.807) is 11.0 Å². The van der Waals surface area contributed by atoms with E-state index in [1.165, 1.54) is 6.26 Å². The Morgan fingerprint density at radius 2 is 2.11 bits per heavy atom. The van der Waals surface area contributed by atoms with Crippen LogP contribution in [-0.4, -0.2) is 22.6 Å². The van der Waals surface area contributed by atoms with E-state index >= 15 is 0 Å². The number of benzene rings is 1. The van der Waals surface area contributed by atoms with Crippen LogP contribution in [0.2, 0.25) is 0 Å². The van der Waals surface area contributed by atoms with E-state index in [4.69, 9.17) is 0 Å². The average Bonchev–Trinajstić information content (AvgIpc) is 2.90. The molecule has 0 aliphatic carbocycles. The quantitative estimate of drug-likeness (QED) is 0.901. The maximum atomic E-state index is 12.0. The third-order valence-corrected chi connectivity index (χ3v) is 2.56. The second-order valence-electron chi connectivity index (χ2n) is 3.81. The topological polar surface area (TPSA) is 58.4 Å². The minimum atomic E-state index is -0.185. The number of carbonyl (C=O) groups excluding carboxylic acids is 1. The van der Waals surface area contributed by atoms with Crippen molar-refractivity contribution < 1.29 is 9.32 Å². The van der Waals surface area contributed by atoms with Crippen LogP contribution in [0.1, 0.15) is 12.5 Å². The van der Waals surface area contributed by atoms with Crippen LogP contribution >= 0.6 is 0 Å². The van der Waals surface area contributed by atoms with Crippen molar-refractivity contribution in [3.63, 3.8) is 0 Å². The molecule has 0 fully saturated rings. The number of urea groups is 1. The van der Waals surface area contributed by atoms with Crippen molar-refractivity contribution in [2.75, 3.05) is 11.9 Å². The third kappa shape index (κ3) is 3.10. The van der Waals surface area contributed by atoms with E-state index in [0.29, 0.717) is 18.9 Å². The average molecular weight is 245 g/mol. The van der Waals surface area contributed by atoms with Crippen molar-refractivity contribution in [1.29, 1.82) is 0 Å². The van der Waals surface area contributed by atoms with Crippen molar-refractivity contribution in [1.82, 2.24) is 10.1 Å². The lowest BCUT2D eigenvalue weighted by molar-refractivity contribution is 0.212. The molecule has 0 saturated heterocycles. The number of amides is 2. The van der Waals surface area contributed by atoms with Gasteiger partial charge in [-0.25, -0.2) is 4.79 Å². The van der Waals surface area contributed by atoms with Crippen LogP contribution in [0.5, 0.6) is 0 Å². The van der Waals surface area contributed by atoms with Gasteiger partial charge in [-0.05, 0) is 12.5 Å². The van der Waals surface area contributed by atoms with Crippen LogP contribution in [0, 0.1) is 0 Å². The maximum Gasteiger partial charge on any atom is 0.323 e. The summed E-state index contributed by atoms with van der Waals surface area (Å²) in [4.78, 5) is 13.7. The van der Waals surface area contributed by atoms with Crippen LogP contribution in [0.15, 0.2) is 47.2 Å². The standard InChI is InChI=1S/C13H15N3O2/c1-2-16(10-11-6-4-3-5-7-11)13(17)14-12-8-9-18-15-12/h3-9H,2,10H2,1H3,(H,14,15,17). The number of rotatable bonds is 4. The molecule has 0 aliphatic rings. The number of anilines is 1. The molecule has 1 aromatic carbocycles. The van der Waals surface area contributed by atoms with Crippen LogP contribution in [0.3, 0.4) is 0 Å². The van der Waals surface area contributed by atoms with Crippen molar-refractivity contribution in [2.24, 2.45) is 0 Å². The minimum Gasteiger partial charge on any atom is -0.363 e. The Labute approximate surface area is 105 Å². The fourth-order valence-electron chi connectivity index (χ4n) is 1.60. The zero-order valence-electron chi connectivity index (χ0n) is 10.2. The van der Waals surface area contributed by atoms with Gasteiger partial charge in [0.05, 0.1) is 0 Å². The molecule has 5 heteroatoms. The highest BCUT2D eigenvalue weighted by Gasteiger charge is 2.13. The van der Waals surface area contributed by atoms with E-state index in [-0.39, 0.29) is 6.03 Å². The Kier molecular flexibility index (Phi) is 3.96. The monoisotopic (exact) mass is 245 g/mol. The van der Waals surface area contributed by atoms with Gasteiger partial charge in [-0.3, -0.25) is 5.32 Å². The summed E-state index contributed by atoms with van der Waals surface area (Å²) in [6.45, 7) is 3.13. The van der Waals surface area contributed by atoms with Crippen LogP contribution in [-0.2, 0) is 6.54 Å². The van der Waals surface area contributed by atoms with Crippen molar-refractivity contribution >= 4 is 11.8 Å². The zero-order chi connectivity index (χ0) is 12.8. The van der Waals surface area contributed by atoms with Gasteiger partial charge in [-0.2, -0.15) is 0 Å². The highest BCUT2D eigenvalue weighted by Crippen LogP contribution is 2.07. The number of carbonyl (C=O) groups is 1. The highest BCUT2D eigenvalue weighted by atomic mass is 16.5. The molecule has 5 nitrogen and oxygen atoms in total. The Hall–Kier alpha value is -2.30. The number of aromatic nitrogens is 1. The van der Waals surface area contributed by atoms with E-state index in [0.717, 1.165) is 5.56 Å². The molecule has 1 heterocycles. The first-order chi connectivity index (χ1) is 8.79. The first kappa shape index (κ1) is 12.2. The van der Waals surface area contributed by atoms with Gasteiger partial charge in [0.25, 0.3) is 0 Å². The Morgan fingerprint density at radius 1 is 1.33 bits per heavy atom. The molecule has 0 unspecified atom stereocenters. The summed E-state index contributed by atoms with van der Waals surface area (Å²) >= 11 is 0. The van der Waals surface area contributed by atoms with Crippen LogP contribution in [0.25, 0.3) is 0 Å². The molecule has 0 bridgehead atoms. The smallest absolute Gasteiger partial charge is 0.323 e. The second kappa shape index (κ2) is 5.86. The molecule has 1 aromatic heterocycles. The zero-order valence-corrected chi connectivity index (χ0v) is 10.2. The van der Waals surface area contributed by atoms with Crippen molar-refractivity contribution in [3.05, 3.63) is 48.2 Å². The Morgan fingerprint density at radius 3 is 2.72 bits per heavy atom. The van der Waals surface area contributed by atoms with Gasteiger partial charge >= 0.3 is 6.03 Å². The molecule has 0 atom stereocenters. The lowest BCUT2D eigenvalue weighted by Gasteiger charge is -2.20. The van der Waals surface area contributed by atoms with Gasteiger partial charge in [-0.1, -0.05) is 35.5 Å². The van der Waals surface area contributed by atoms with Crippen LogP contribution in [0.4, 0.5) is 10.6 Å². The lowest BCUT2D eigenvalue weighted by atomic mass is 10.2. The number of hydrogen-bond acceptors (Lipinski definition) is 3. The third-order valence-electron chi connectivity index (χ3n) is 2.56. The molecular weight excluding hydrogens is 230 g/mol. The van der Waals surface area contributed by atoms with Crippen LogP contribution < -0.4 is 5.32 Å². The molecule has 0 saturated carbocycles. The van der Waals surface area contributed by atoms with E-state index in [2.05, 4.69) is 15.0 Å². The summed E-state index contributed by atoms with van der Waals surface area (Å²) in [7, 11) is 0. The summed E-state index contributed by atoms with van der Waals surface area (Å²) in [5.74, 6) is 0.423. The first-order valence-electron chi connectivity index (χ1n) is 5.80. The molecule has 2 amide bonds. The Balaban J connectivity index is 1.98. The predicted octanol–water partition coefficient (Wildman–Crippen LogP) is 2.73. The molecule has 2 rings (SSSR count). The second-order valence-corrected chi connectivity index (χ2v) is 3.81. The molecule has 94 valence electrons. The molecule has 0 aliphatic heterocycles. The summed E-state index contributed by atoms with van der Waals surface area (Å²) in [6.07, 6.45) is 1.42. The van der Waals surface area contributed by atoms with E-state index < -0.39 is 0 Å². The number of hydrogen-bond donors (Lipinski definition) is 1. The minimum absolute atomic E-state index is 0.185. The molecule has 0 radical (unpaired) electrons. The van der Waals surface area contributed by atoms with Crippen molar-refractivity contribution in [3.8, 4) is 0 Å². The van der Waals surface area contributed by atoms with Gasteiger partial charge in [0.15, 0.2) is 5.82 Å². The molecule has 1 N–H and O–H groups in total. The van der Waals surface area contributed by atoms with Gasteiger partial charge < -0.3 is 9.42 Å². The summed E-state index contributed by atoms with van der Waals surface area (Å²) in [5.41, 5.74) is 1.09. The largest absolute Gasteiger partial charge is 0.363 e. The summed E-state index contributed by atoms with van der Waals surface area (Å²) in [6, 6.07) is 11.3.